The fraction of sp³-hybridized carbons (Fsp3) is 0.739. The molecule has 0 amide bonds. The molecule has 31 heavy (non-hydrogen) atoms. The second-order valence-corrected chi connectivity index (χ2v) is 12.8. The molecule has 1 aliphatic carbocycles. The third kappa shape index (κ3) is 6.20. The Bertz CT molecular complexity index is 707. The number of hydrogen-bond acceptors (Lipinski definition) is 1. The highest BCUT2D eigenvalue weighted by molar-refractivity contribution is 6.58. The van der Waals surface area contributed by atoms with Crippen LogP contribution in [0.3, 0.4) is 0 Å². The summed E-state index contributed by atoms with van der Waals surface area (Å²) in [5.41, 5.74) is 0.768. The molecule has 1 aromatic rings. The Morgan fingerprint density at radius 3 is 2.10 bits per heavy atom. The molecule has 176 valence electrons. The van der Waals surface area contributed by atoms with Gasteiger partial charge < -0.3 is 4.74 Å². The van der Waals surface area contributed by atoms with Gasteiger partial charge in [0, 0.05) is 8.80 Å². The quantitative estimate of drug-likeness (QED) is 0.295. The minimum atomic E-state index is -5.72. The SMILES string of the molecule is CCC[Si@H]1CC[C@H]([C@H]2CC[C@H](c3ccc(OCC(F)(F)C(F)(F)F)c(F)c3)CC2)CC1. The molecule has 0 N–H and O–H groups in total. The Kier molecular flexibility index (Phi) is 8.03. The molecule has 3 rings (SSSR count). The molecule has 2 aliphatic rings. The molecule has 1 aliphatic heterocycles. The number of halogens is 6. The first kappa shape index (κ1) is 24.5. The molecule has 1 nitrogen and oxygen atoms in total. The van der Waals surface area contributed by atoms with Crippen molar-refractivity contribution in [2.45, 2.75) is 88.0 Å². The van der Waals surface area contributed by atoms with Gasteiger partial charge in [0.2, 0.25) is 0 Å². The molecule has 2 fully saturated rings. The van der Waals surface area contributed by atoms with Crippen molar-refractivity contribution in [3.8, 4) is 5.75 Å². The standard InChI is InChI=1S/C23H32F6OSi/c1-2-11-31-12-9-18(10-13-31)16-3-5-17(6-4-16)19-7-8-21(20(24)14-19)30-15-22(25,26)23(27,28)29/h7-8,14,16-18,31H,2-6,9-13,15H2,1H3/t16-,17-,18-,31-. The first-order chi connectivity index (χ1) is 14.6. The number of rotatable bonds is 7. The third-order valence-corrected chi connectivity index (χ3v) is 11.0. The van der Waals surface area contributed by atoms with Crippen molar-refractivity contribution in [1.82, 2.24) is 0 Å². The van der Waals surface area contributed by atoms with E-state index in [4.69, 9.17) is 0 Å². The van der Waals surface area contributed by atoms with Gasteiger partial charge in [0.25, 0.3) is 0 Å². The van der Waals surface area contributed by atoms with E-state index in [1.807, 2.05) is 0 Å². The van der Waals surface area contributed by atoms with Crippen LogP contribution in [0.15, 0.2) is 18.2 Å². The van der Waals surface area contributed by atoms with Crippen molar-refractivity contribution >= 4 is 8.80 Å². The van der Waals surface area contributed by atoms with E-state index in [-0.39, 0.29) is 5.92 Å². The normalized spacial score (nSPS) is 27.8. The zero-order valence-electron chi connectivity index (χ0n) is 18.0. The first-order valence-electron chi connectivity index (χ1n) is 11.5. The molecule has 0 spiro atoms. The highest BCUT2D eigenvalue weighted by Gasteiger charge is 2.58. The zero-order chi connectivity index (χ0) is 22.6. The summed E-state index contributed by atoms with van der Waals surface area (Å²) in [5.74, 6) is -4.73. The van der Waals surface area contributed by atoms with Crippen LogP contribution >= 0.6 is 0 Å². The smallest absolute Gasteiger partial charge is 0.456 e. The summed E-state index contributed by atoms with van der Waals surface area (Å²) >= 11 is 0. The van der Waals surface area contributed by atoms with E-state index in [1.54, 1.807) is 6.07 Å². The van der Waals surface area contributed by atoms with E-state index in [0.29, 0.717) is 0 Å². The van der Waals surface area contributed by atoms with Gasteiger partial charge in [0.15, 0.2) is 18.2 Å². The Hall–Kier alpha value is -1.18. The topological polar surface area (TPSA) is 9.23 Å². The summed E-state index contributed by atoms with van der Waals surface area (Å²) in [7, 11) is -0.481. The number of ether oxygens (including phenoxy) is 1. The van der Waals surface area contributed by atoms with Gasteiger partial charge in [-0.1, -0.05) is 50.4 Å². The van der Waals surface area contributed by atoms with Gasteiger partial charge in [-0.25, -0.2) is 4.39 Å². The zero-order valence-corrected chi connectivity index (χ0v) is 19.2. The van der Waals surface area contributed by atoms with Gasteiger partial charge in [-0.15, -0.1) is 0 Å². The van der Waals surface area contributed by atoms with Crippen LogP contribution < -0.4 is 4.74 Å². The van der Waals surface area contributed by atoms with Crippen LogP contribution in [0.25, 0.3) is 0 Å². The Morgan fingerprint density at radius 2 is 1.55 bits per heavy atom. The Morgan fingerprint density at radius 1 is 0.935 bits per heavy atom. The van der Waals surface area contributed by atoms with Crippen molar-refractivity contribution in [2.24, 2.45) is 11.8 Å². The van der Waals surface area contributed by atoms with Gasteiger partial charge in [0.05, 0.1) is 0 Å². The van der Waals surface area contributed by atoms with Gasteiger partial charge in [-0.2, -0.15) is 22.0 Å². The van der Waals surface area contributed by atoms with E-state index >= 15 is 0 Å². The lowest BCUT2D eigenvalue weighted by molar-refractivity contribution is -0.290. The van der Waals surface area contributed by atoms with Crippen LogP contribution in [0.1, 0.15) is 63.4 Å². The maximum atomic E-state index is 14.3. The number of benzene rings is 1. The summed E-state index contributed by atoms with van der Waals surface area (Å²) in [6, 6.07) is 8.41. The fourth-order valence-corrected chi connectivity index (χ4v) is 8.90. The van der Waals surface area contributed by atoms with Crippen molar-refractivity contribution in [2.75, 3.05) is 6.61 Å². The molecule has 1 heterocycles. The summed E-state index contributed by atoms with van der Waals surface area (Å²) in [6.45, 7) is 0.348. The second kappa shape index (κ2) is 10.2. The van der Waals surface area contributed by atoms with Crippen molar-refractivity contribution in [3.63, 3.8) is 0 Å². The highest BCUT2D eigenvalue weighted by atomic mass is 28.3. The summed E-state index contributed by atoms with van der Waals surface area (Å²) in [6.07, 6.45) is 2.49. The largest absolute Gasteiger partial charge is 0.484 e. The lowest BCUT2D eigenvalue weighted by Gasteiger charge is -2.37. The molecule has 0 unspecified atom stereocenters. The van der Waals surface area contributed by atoms with E-state index in [2.05, 4.69) is 11.7 Å². The number of alkyl halides is 5. The van der Waals surface area contributed by atoms with E-state index < -0.39 is 39.1 Å². The predicted molar refractivity (Wildman–Crippen MR) is 112 cm³/mol. The third-order valence-electron chi connectivity index (χ3n) is 7.28. The minimum Gasteiger partial charge on any atom is -0.484 e. The van der Waals surface area contributed by atoms with Gasteiger partial charge in [0.1, 0.15) is 0 Å². The maximum Gasteiger partial charge on any atom is 0.456 e. The Labute approximate surface area is 182 Å². The molecule has 0 bridgehead atoms. The lowest BCUT2D eigenvalue weighted by Crippen LogP contribution is -2.41. The second-order valence-electron chi connectivity index (χ2n) is 9.36. The predicted octanol–water partition coefficient (Wildman–Crippen LogP) is 7.72. The fourth-order valence-electron chi connectivity index (χ4n) is 5.42. The van der Waals surface area contributed by atoms with Crippen LogP contribution in [0, 0.1) is 17.7 Å². The van der Waals surface area contributed by atoms with E-state index in [1.165, 1.54) is 49.5 Å². The average Bonchev–Trinajstić information content (AvgIpc) is 2.73. The number of hydrogen-bond donors (Lipinski definition) is 0. The molecule has 0 radical (unpaired) electrons. The van der Waals surface area contributed by atoms with Gasteiger partial charge in [-0.3, -0.25) is 0 Å². The Balaban J connectivity index is 1.50. The highest BCUT2D eigenvalue weighted by Crippen LogP contribution is 2.44. The first-order valence-corrected chi connectivity index (χ1v) is 13.9. The van der Waals surface area contributed by atoms with Crippen LogP contribution in [0.5, 0.6) is 5.75 Å². The van der Waals surface area contributed by atoms with Crippen LogP contribution in [-0.4, -0.2) is 27.5 Å². The maximum absolute atomic E-state index is 14.3. The molecule has 0 aromatic heterocycles. The van der Waals surface area contributed by atoms with Crippen LogP contribution in [0.2, 0.25) is 18.1 Å². The molecular formula is C23H32F6OSi. The minimum absolute atomic E-state index is 0.197. The summed E-state index contributed by atoms with van der Waals surface area (Å²) in [5, 5.41) is 0. The molecule has 1 aromatic carbocycles. The summed E-state index contributed by atoms with van der Waals surface area (Å²) in [4.78, 5) is 0. The molecule has 1 saturated heterocycles. The molecule has 1 saturated carbocycles. The molecule has 8 heteroatoms. The van der Waals surface area contributed by atoms with Crippen molar-refractivity contribution in [3.05, 3.63) is 29.6 Å². The van der Waals surface area contributed by atoms with Crippen LogP contribution in [0.4, 0.5) is 26.3 Å². The van der Waals surface area contributed by atoms with E-state index in [9.17, 15) is 26.3 Å². The lowest BCUT2D eigenvalue weighted by atomic mass is 9.72. The van der Waals surface area contributed by atoms with Crippen molar-refractivity contribution in [1.29, 1.82) is 0 Å². The van der Waals surface area contributed by atoms with Gasteiger partial charge >= 0.3 is 12.1 Å². The average molecular weight is 467 g/mol. The van der Waals surface area contributed by atoms with Crippen LogP contribution in [-0.2, 0) is 0 Å². The van der Waals surface area contributed by atoms with E-state index in [0.717, 1.165) is 43.1 Å². The molecule has 0 atom stereocenters. The van der Waals surface area contributed by atoms with Gasteiger partial charge in [-0.05, 0) is 61.1 Å². The summed E-state index contributed by atoms with van der Waals surface area (Å²) < 4.78 is 81.5. The monoisotopic (exact) mass is 466 g/mol. The molecular weight excluding hydrogens is 434 g/mol. The van der Waals surface area contributed by atoms with Crippen molar-refractivity contribution < 1.29 is 31.1 Å².